The molecule has 0 aliphatic carbocycles. The largest absolute Gasteiger partial charge is 0.508 e. The zero-order chi connectivity index (χ0) is 13.8. The number of rotatable bonds is 4. The van der Waals surface area contributed by atoms with Crippen LogP contribution < -0.4 is 5.73 Å². The van der Waals surface area contributed by atoms with Gasteiger partial charge in [0.2, 0.25) is 5.91 Å². The minimum atomic E-state index is -0.560. The third-order valence-electron chi connectivity index (χ3n) is 3.51. The van der Waals surface area contributed by atoms with Crippen LogP contribution >= 0.6 is 0 Å². The van der Waals surface area contributed by atoms with Crippen LogP contribution in [-0.2, 0) is 16.0 Å². The highest BCUT2D eigenvalue weighted by Gasteiger charge is 2.27. The molecule has 1 amide bonds. The third kappa shape index (κ3) is 3.45. The van der Waals surface area contributed by atoms with E-state index in [2.05, 4.69) is 0 Å². The van der Waals surface area contributed by atoms with Crippen molar-refractivity contribution in [1.29, 1.82) is 0 Å². The standard InChI is InChI=1S/C14H20N2O3/c1-16(11-6-7-19-9-11)14(18)13(15)8-10-2-4-12(17)5-3-10/h2-5,11,13,17H,6-9,15H2,1H3/t11?,13-/m0/s1. The summed E-state index contributed by atoms with van der Waals surface area (Å²) in [5.41, 5.74) is 6.90. The Kier molecular flexibility index (Phi) is 4.39. The fourth-order valence-electron chi connectivity index (χ4n) is 2.24. The van der Waals surface area contributed by atoms with E-state index >= 15 is 0 Å². The number of hydrogen-bond donors (Lipinski definition) is 2. The molecule has 1 unspecified atom stereocenters. The van der Waals surface area contributed by atoms with E-state index in [1.165, 1.54) is 0 Å². The lowest BCUT2D eigenvalue weighted by Crippen LogP contribution is -2.47. The van der Waals surface area contributed by atoms with Gasteiger partial charge in [0.1, 0.15) is 5.75 Å². The molecule has 0 spiro atoms. The number of nitrogens with zero attached hydrogens (tertiary/aromatic N) is 1. The van der Waals surface area contributed by atoms with Gasteiger partial charge in [0.05, 0.1) is 18.7 Å². The minimum Gasteiger partial charge on any atom is -0.508 e. The smallest absolute Gasteiger partial charge is 0.239 e. The summed E-state index contributed by atoms with van der Waals surface area (Å²) >= 11 is 0. The minimum absolute atomic E-state index is 0.0661. The van der Waals surface area contributed by atoms with E-state index in [9.17, 15) is 9.90 Å². The molecule has 5 heteroatoms. The lowest BCUT2D eigenvalue weighted by Gasteiger charge is -2.26. The topological polar surface area (TPSA) is 75.8 Å². The maximum atomic E-state index is 12.2. The molecule has 1 aromatic carbocycles. The van der Waals surface area contributed by atoms with Crippen LogP contribution in [0.4, 0.5) is 0 Å². The number of carbonyl (C=O) groups excluding carboxylic acids is 1. The third-order valence-corrected chi connectivity index (χ3v) is 3.51. The number of aromatic hydroxyl groups is 1. The molecule has 2 rings (SSSR count). The Morgan fingerprint density at radius 1 is 1.53 bits per heavy atom. The summed E-state index contributed by atoms with van der Waals surface area (Å²) in [7, 11) is 1.78. The van der Waals surface area contributed by atoms with Gasteiger partial charge < -0.3 is 20.5 Å². The summed E-state index contributed by atoms with van der Waals surface area (Å²) in [6, 6.07) is 6.33. The van der Waals surface area contributed by atoms with Gasteiger partial charge in [-0.3, -0.25) is 4.79 Å². The van der Waals surface area contributed by atoms with Crippen molar-refractivity contribution in [3.8, 4) is 5.75 Å². The molecule has 2 atom stereocenters. The van der Waals surface area contributed by atoms with Crippen molar-refractivity contribution in [1.82, 2.24) is 4.90 Å². The molecule has 5 nitrogen and oxygen atoms in total. The van der Waals surface area contributed by atoms with Crippen molar-refractivity contribution in [2.24, 2.45) is 5.73 Å². The molecule has 1 fully saturated rings. The summed E-state index contributed by atoms with van der Waals surface area (Å²) < 4.78 is 5.28. The lowest BCUT2D eigenvalue weighted by molar-refractivity contribution is -0.133. The second-order valence-corrected chi connectivity index (χ2v) is 4.94. The van der Waals surface area contributed by atoms with Crippen molar-refractivity contribution in [3.05, 3.63) is 29.8 Å². The Morgan fingerprint density at radius 3 is 2.79 bits per heavy atom. The monoisotopic (exact) mass is 264 g/mol. The van der Waals surface area contributed by atoms with Crippen molar-refractivity contribution in [3.63, 3.8) is 0 Å². The first-order chi connectivity index (χ1) is 9.08. The molecule has 3 N–H and O–H groups in total. The van der Waals surface area contributed by atoms with Crippen LogP contribution in [0.5, 0.6) is 5.75 Å². The molecule has 0 radical (unpaired) electrons. The first-order valence-corrected chi connectivity index (χ1v) is 6.46. The first kappa shape index (κ1) is 13.8. The molecule has 1 aromatic rings. The van der Waals surface area contributed by atoms with Crippen LogP contribution in [0.25, 0.3) is 0 Å². The normalized spacial score (nSPS) is 20.2. The molecule has 1 heterocycles. The molecule has 1 aliphatic rings. The highest BCUT2D eigenvalue weighted by Crippen LogP contribution is 2.14. The van der Waals surface area contributed by atoms with E-state index < -0.39 is 6.04 Å². The Hall–Kier alpha value is -1.59. The summed E-state index contributed by atoms with van der Waals surface area (Å²) in [5, 5.41) is 9.21. The summed E-state index contributed by atoms with van der Waals surface area (Å²) in [6.45, 7) is 1.30. The van der Waals surface area contributed by atoms with E-state index in [-0.39, 0.29) is 17.7 Å². The second kappa shape index (κ2) is 6.04. The Labute approximate surface area is 113 Å². The van der Waals surface area contributed by atoms with Gasteiger partial charge >= 0.3 is 0 Å². The van der Waals surface area contributed by atoms with E-state index in [4.69, 9.17) is 10.5 Å². The van der Waals surface area contributed by atoms with Gasteiger partial charge in [0.15, 0.2) is 0 Å². The van der Waals surface area contributed by atoms with E-state index in [1.54, 1.807) is 36.2 Å². The molecule has 0 aromatic heterocycles. The summed E-state index contributed by atoms with van der Waals surface area (Å²) in [6.07, 6.45) is 1.34. The number of amides is 1. The van der Waals surface area contributed by atoms with Gasteiger partial charge in [-0.1, -0.05) is 12.1 Å². The number of ether oxygens (including phenoxy) is 1. The highest BCUT2D eigenvalue weighted by atomic mass is 16.5. The Morgan fingerprint density at radius 2 is 2.21 bits per heavy atom. The predicted octanol–water partition coefficient (Wildman–Crippen LogP) is 0.509. The Bertz CT molecular complexity index is 427. The van der Waals surface area contributed by atoms with Crippen LogP contribution in [0, 0.1) is 0 Å². The number of phenols is 1. The molecular weight excluding hydrogens is 244 g/mol. The zero-order valence-electron chi connectivity index (χ0n) is 11.1. The Balaban J connectivity index is 1.93. The maximum Gasteiger partial charge on any atom is 0.239 e. The van der Waals surface area contributed by atoms with Crippen LogP contribution in [0.3, 0.4) is 0 Å². The number of nitrogens with two attached hydrogens (primary N) is 1. The van der Waals surface area contributed by atoms with Crippen LogP contribution in [0.15, 0.2) is 24.3 Å². The molecule has 1 aliphatic heterocycles. The summed E-state index contributed by atoms with van der Waals surface area (Å²) in [5.74, 6) is 0.146. The maximum absolute atomic E-state index is 12.2. The molecule has 0 saturated carbocycles. The van der Waals surface area contributed by atoms with Crippen LogP contribution in [-0.4, -0.2) is 48.3 Å². The van der Waals surface area contributed by atoms with Crippen molar-refractivity contribution in [2.45, 2.75) is 24.9 Å². The second-order valence-electron chi connectivity index (χ2n) is 4.94. The fraction of sp³-hybridized carbons (Fsp3) is 0.500. The predicted molar refractivity (Wildman–Crippen MR) is 71.8 cm³/mol. The van der Waals surface area contributed by atoms with Crippen LogP contribution in [0.1, 0.15) is 12.0 Å². The van der Waals surface area contributed by atoms with Gasteiger partial charge in [-0.05, 0) is 30.5 Å². The molecule has 1 saturated heterocycles. The van der Waals surface area contributed by atoms with Crippen LogP contribution in [0.2, 0.25) is 0 Å². The van der Waals surface area contributed by atoms with Gasteiger partial charge in [-0.15, -0.1) is 0 Å². The SMILES string of the molecule is CN(C(=O)[C@@H](N)Cc1ccc(O)cc1)C1CCOC1. The zero-order valence-corrected chi connectivity index (χ0v) is 11.1. The van der Waals surface area contributed by atoms with Crippen molar-refractivity contribution >= 4 is 5.91 Å². The average Bonchev–Trinajstić information content (AvgIpc) is 2.93. The molecular formula is C14H20N2O3. The van der Waals surface area contributed by atoms with Gasteiger partial charge in [-0.25, -0.2) is 0 Å². The van der Waals surface area contributed by atoms with E-state index in [0.29, 0.717) is 19.6 Å². The van der Waals surface area contributed by atoms with Crippen molar-refractivity contribution < 1.29 is 14.6 Å². The molecule has 0 bridgehead atoms. The van der Waals surface area contributed by atoms with Crippen molar-refractivity contribution in [2.75, 3.05) is 20.3 Å². The number of carbonyl (C=O) groups is 1. The fourth-order valence-corrected chi connectivity index (χ4v) is 2.24. The quantitative estimate of drug-likeness (QED) is 0.831. The molecule has 104 valence electrons. The van der Waals surface area contributed by atoms with Gasteiger partial charge in [-0.2, -0.15) is 0 Å². The first-order valence-electron chi connectivity index (χ1n) is 6.46. The van der Waals surface area contributed by atoms with Gasteiger partial charge in [0, 0.05) is 13.7 Å². The number of phenolic OH excluding ortho intramolecular Hbond substituents is 1. The number of likely N-dealkylation sites (N-methyl/N-ethyl adjacent to an activating group) is 1. The van der Waals surface area contributed by atoms with Gasteiger partial charge in [0.25, 0.3) is 0 Å². The molecule has 19 heavy (non-hydrogen) atoms. The number of hydrogen-bond acceptors (Lipinski definition) is 4. The number of benzene rings is 1. The lowest BCUT2D eigenvalue weighted by atomic mass is 10.0. The highest BCUT2D eigenvalue weighted by molar-refractivity contribution is 5.82. The average molecular weight is 264 g/mol. The van der Waals surface area contributed by atoms with E-state index in [1.807, 2.05) is 0 Å². The summed E-state index contributed by atoms with van der Waals surface area (Å²) in [4.78, 5) is 13.9. The van der Waals surface area contributed by atoms with E-state index in [0.717, 1.165) is 12.0 Å².